The molecule has 172 valence electrons. The van der Waals surface area contributed by atoms with Crippen molar-refractivity contribution < 1.29 is 23.9 Å². The van der Waals surface area contributed by atoms with Crippen molar-refractivity contribution in [1.29, 1.82) is 0 Å². The maximum Gasteiger partial charge on any atom is 0.328 e. The molecule has 0 saturated heterocycles. The first-order valence-electron chi connectivity index (χ1n) is 10.8. The van der Waals surface area contributed by atoms with Gasteiger partial charge in [-0.2, -0.15) is 0 Å². The third kappa shape index (κ3) is 9.75. The molecule has 0 aliphatic rings. The van der Waals surface area contributed by atoms with E-state index in [4.69, 9.17) is 9.47 Å². The predicted molar refractivity (Wildman–Crippen MR) is 121 cm³/mol. The molecule has 0 saturated carbocycles. The van der Waals surface area contributed by atoms with Crippen LogP contribution in [0.3, 0.4) is 0 Å². The van der Waals surface area contributed by atoms with Crippen molar-refractivity contribution in [2.45, 2.75) is 57.9 Å². The maximum atomic E-state index is 12.6. The van der Waals surface area contributed by atoms with Crippen LogP contribution in [0.2, 0.25) is 0 Å². The number of hydrogen-bond acceptors (Lipinski definition) is 6. The van der Waals surface area contributed by atoms with Crippen molar-refractivity contribution in [3.8, 4) is 0 Å². The third-order valence-corrected chi connectivity index (χ3v) is 5.02. The fraction of sp³-hybridized carbons (Fsp3) is 0.400. The van der Waals surface area contributed by atoms with Crippen LogP contribution >= 0.6 is 0 Å². The second kappa shape index (κ2) is 14.0. The molecule has 7 heteroatoms. The highest BCUT2D eigenvalue weighted by molar-refractivity contribution is 5.85. The zero-order chi connectivity index (χ0) is 23.2. The van der Waals surface area contributed by atoms with Crippen molar-refractivity contribution in [2.75, 3.05) is 7.05 Å². The van der Waals surface area contributed by atoms with E-state index in [0.717, 1.165) is 11.1 Å². The van der Waals surface area contributed by atoms with Crippen LogP contribution in [0.1, 0.15) is 43.7 Å². The molecule has 2 unspecified atom stereocenters. The lowest BCUT2D eigenvalue weighted by Gasteiger charge is -2.18. The second-order valence-corrected chi connectivity index (χ2v) is 7.63. The Balaban J connectivity index is 1.88. The number of amides is 1. The highest BCUT2D eigenvalue weighted by Gasteiger charge is 2.24. The SMILES string of the molecule is CNC(C)CCC(=O)NC(CCC(=O)OCc1ccccc1)C(=O)OCc1ccccc1. The molecule has 0 aliphatic heterocycles. The van der Waals surface area contributed by atoms with Gasteiger partial charge in [-0.25, -0.2) is 4.79 Å². The van der Waals surface area contributed by atoms with Crippen molar-refractivity contribution in [3.05, 3.63) is 71.8 Å². The highest BCUT2D eigenvalue weighted by Crippen LogP contribution is 2.09. The summed E-state index contributed by atoms with van der Waals surface area (Å²) in [5.74, 6) is -1.26. The Labute approximate surface area is 189 Å². The Bertz CT molecular complexity index is 842. The molecule has 7 nitrogen and oxygen atoms in total. The van der Waals surface area contributed by atoms with Gasteiger partial charge in [0, 0.05) is 18.9 Å². The molecule has 0 radical (unpaired) electrons. The van der Waals surface area contributed by atoms with Gasteiger partial charge in [0.05, 0.1) is 0 Å². The summed E-state index contributed by atoms with van der Waals surface area (Å²) in [5.41, 5.74) is 1.72. The van der Waals surface area contributed by atoms with Gasteiger partial charge >= 0.3 is 11.9 Å². The lowest BCUT2D eigenvalue weighted by molar-refractivity contribution is -0.150. The van der Waals surface area contributed by atoms with Gasteiger partial charge in [0.2, 0.25) is 5.91 Å². The van der Waals surface area contributed by atoms with Gasteiger partial charge in [-0.3, -0.25) is 9.59 Å². The van der Waals surface area contributed by atoms with E-state index < -0.39 is 18.0 Å². The standard InChI is InChI=1S/C25H32N2O5/c1-19(26-2)13-15-23(28)27-22(25(30)32-18-21-11-7-4-8-12-21)14-16-24(29)31-17-20-9-5-3-6-10-20/h3-12,19,22,26H,13-18H2,1-2H3,(H,27,28). The van der Waals surface area contributed by atoms with Crippen LogP contribution in [0, 0.1) is 0 Å². The molecular weight excluding hydrogens is 408 g/mol. The number of carbonyl (C=O) groups is 3. The van der Waals surface area contributed by atoms with Crippen LogP contribution in [0.15, 0.2) is 60.7 Å². The number of esters is 2. The molecular formula is C25H32N2O5. The summed E-state index contributed by atoms with van der Waals surface area (Å²) in [5, 5.41) is 5.78. The van der Waals surface area contributed by atoms with E-state index in [1.165, 1.54) is 0 Å². The van der Waals surface area contributed by atoms with Crippen LogP contribution in [0.4, 0.5) is 0 Å². The summed E-state index contributed by atoms with van der Waals surface area (Å²) in [6.45, 7) is 2.24. The molecule has 0 fully saturated rings. The predicted octanol–water partition coefficient (Wildman–Crippen LogP) is 3.13. The van der Waals surface area contributed by atoms with Gasteiger partial charge in [0.15, 0.2) is 0 Å². The van der Waals surface area contributed by atoms with Crippen molar-refractivity contribution in [2.24, 2.45) is 0 Å². The van der Waals surface area contributed by atoms with Gasteiger partial charge in [0.25, 0.3) is 0 Å². The number of hydrogen-bond donors (Lipinski definition) is 2. The van der Waals surface area contributed by atoms with E-state index in [2.05, 4.69) is 10.6 Å². The normalized spacial score (nSPS) is 12.4. The number of ether oxygens (including phenoxy) is 2. The molecule has 2 aromatic carbocycles. The van der Waals surface area contributed by atoms with Gasteiger partial charge in [-0.15, -0.1) is 0 Å². The van der Waals surface area contributed by atoms with E-state index >= 15 is 0 Å². The molecule has 2 atom stereocenters. The lowest BCUT2D eigenvalue weighted by Crippen LogP contribution is -2.42. The fourth-order valence-electron chi connectivity index (χ4n) is 2.91. The van der Waals surface area contributed by atoms with Crippen LogP contribution in [0.5, 0.6) is 0 Å². The van der Waals surface area contributed by atoms with Crippen molar-refractivity contribution in [3.63, 3.8) is 0 Å². The topological polar surface area (TPSA) is 93.7 Å². The molecule has 32 heavy (non-hydrogen) atoms. The van der Waals surface area contributed by atoms with Crippen LogP contribution in [-0.4, -0.2) is 37.0 Å². The molecule has 0 bridgehead atoms. The van der Waals surface area contributed by atoms with Crippen LogP contribution in [0.25, 0.3) is 0 Å². The highest BCUT2D eigenvalue weighted by atomic mass is 16.5. The number of benzene rings is 2. The minimum absolute atomic E-state index is 0.00879. The molecule has 2 N–H and O–H groups in total. The average molecular weight is 441 g/mol. The third-order valence-electron chi connectivity index (χ3n) is 5.02. The summed E-state index contributed by atoms with van der Waals surface area (Å²) in [6, 6.07) is 17.9. The fourth-order valence-corrected chi connectivity index (χ4v) is 2.91. The largest absolute Gasteiger partial charge is 0.461 e. The molecule has 2 aromatic rings. The molecule has 1 amide bonds. The van der Waals surface area contributed by atoms with Crippen molar-refractivity contribution >= 4 is 17.8 Å². The second-order valence-electron chi connectivity index (χ2n) is 7.63. The summed E-state index contributed by atoms with van der Waals surface area (Å²) in [4.78, 5) is 37.1. The Morgan fingerprint density at radius 2 is 1.38 bits per heavy atom. The zero-order valence-electron chi connectivity index (χ0n) is 18.7. The summed E-state index contributed by atoms with van der Waals surface area (Å²) in [6.07, 6.45) is 0.996. The summed E-state index contributed by atoms with van der Waals surface area (Å²) in [7, 11) is 1.83. The molecule has 0 spiro atoms. The molecule has 0 aliphatic carbocycles. The summed E-state index contributed by atoms with van der Waals surface area (Å²) >= 11 is 0. The quantitative estimate of drug-likeness (QED) is 0.465. The monoisotopic (exact) mass is 440 g/mol. The lowest BCUT2D eigenvalue weighted by atomic mass is 10.1. The Morgan fingerprint density at radius 3 is 1.94 bits per heavy atom. The van der Waals surface area contributed by atoms with Gasteiger partial charge in [-0.05, 0) is 37.9 Å². The van der Waals surface area contributed by atoms with Crippen LogP contribution in [-0.2, 0) is 37.1 Å². The first-order chi connectivity index (χ1) is 15.5. The van der Waals surface area contributed by atoms with E-state index in [1.807, 2.05) is 74.6 Å². The number of carbonyl (C=O) groups excluding carboxylic acids is 3. The smallest absolute Gasteiger partial charge is 0.328 e. The Hall–Kier alpha value is -3.19. The van der Waals surface area contributed by atoms with E-state index in [0.29, 0.717) is 6.42 Å². The average Bonchev–Trinajstić information content (AvgIpc) is 2.83. The minimum Gasteiger partial charge on any atom is -0.461 e. The van der Waals surface area contributed by atoms with Gasteiger partial charge < -0.3 is 20.1 Å². The van der Waals surface area contributed by atoms with Gasteiger partial charge in [0.1, 0.15) is 19.3 Å². The minimum atomic E-state index is -0.916. The maximum absolute atomic E-state index is 12.6. The van der Waals surface area contributed by atoms with E-state index in [-0.39, 0.29) is 44.4 Å². The van der Waals surface area contributed by atoms with Crippen LogP contribution < -0.4 is 10.6 Å². The number of nitrogens with one attached hydrogen (secondary N) is 2. The first-order valence-corrected chi connectivity index (χ1v) is 10.8. The molecule has 2 rings (SSSR count). The zero-order valence-corrected chi connectivity index (χ0v) is 18.7. The van der Waals surface area contributed by atoms with Gasteiger partial charge in [-0.1, -0.05) is 60.7 Å². The summed E-state index contributed by atoms with van der Waals surface area (Å²) < 4.78 is 10.7. The van der Waals surface area contributed by atoms with E-state index in [1.54, 1.807) is 0 Å². The van der Waals surface area contributed by atoms with Crippen molar-refractivity contribution in [1.82, 2.24) is 10.6 Å². The van der Waals surface area contributed by atoms with E-state index in [9.17, 15) is 14.4 Å². The Kier molecular flexibility index (Phi) is 11.0. The molecule has 0 heterocycles. The Morgan fingerprint density at radius 1 is 0.812 bits per heavy atom. The molecule has 0 aromatic heterocycles. The number of rotatable bonds is 13. The first kappa shape index (κ1) is 25.1.